The van der Waals surface area contributed by atoms with E-state index in [2.05, 4.69) is 44.3 Å². The van der Waals surface area contributed by atoms with Crippen LogP contribution in [0.3, 0.4) is 0 Å². The molecule has 0 aliphatic carbocycles. The molecule has 0 radical (unpaired) electrons. The standard InChI is InChI=1S/C16H26N2O2/c1-12-6-5-7-13(8-12)16(2,3)11-18-15(19)9-14(10-17)20-4/h5-8,14H,9-11,17H2,1-4H3,(H,18,19). The average molecular weight is 278 g/mol. The predicted octanol–water partition coefficient (Wildman–Crippen LogP) is 1.75. The molecule has 3 N–H and O–H groups in total. The number of amides is 1. The molecule has 1 unspecified atom stereocenters. The first-order valence-corrected chi connectivity index (χ1v) is 6.95. The van der Waals surface area contributed by atoms with E-state index in [0.29, 0.717) is 19.5 Å². The summed E-state index contributed by atoms with van der Waals surface area (Å²) in [7, 11) is 1.57. The Morgan fingerprint density at radius 1 is 1.45 bits per heavy atom. The number of carbonyl (C=O) groups is 1. The smallest absolute Gasteiger partial charge is 0.222 e. The van der Waals surface area contributed by atoms with Gasteiger partial charge in [-0.15, -0.1) is 0 Å². The highest BCUT2D eigenvalue weighted by atomic mass is 16.5. The van der Waals surface area contributed by atoms with Crippen molar-refractivity contribution in [1.29, 1.82) is 0 Å². The first-order chi connectivity index (χ1) is 9.39. The normalized spacial score (nSPS) is 13.1. The molecular weight excluding hydrogens is 252 g/mol. The zero-order chi connectivity index (χ0) is 15.2. The molecule has 0 heterocycles. The number of nitrogens with two attached hydrogens (primary N) is 1. The van der Waals surface area contributed by atoms with Crippen LogP contribution in [0.5, 0.6) is 0 Å². The fraction of sp³-hybridized carbons (Fsp3) is 0.562. The highest BCUT2D eigenvalue weighted by Crippen LogP contribution is 2.23. The Balaban J connectivity index is 2.57. The maximum atomic E-state index is 11.9. The van der Waals surface area contributed by atoms with E-state index >= 15 is 0 Å². The molecule has 4 nitrogen and oxygen atoms in total. The van der Waals surface area contributed by atoms with Crippen LogP contribution >= 0.6 is 0 Å². The average Bonchev–Trinajstić information content (AvgIpc) is 2.42. The molecule has 0 aliphatic rings. The van der Waals surface area contributed by atoms with E-state index in [4.69, 9.17) is 10.5 Å². The Kier molecular flexibility index (Phi) is 6.17. The van der Waals surface area contributed by atoms with Gasteiger partial charge in [-0.1, -0.05) is 43.7 Å². The lowest BCUT2D eigenvalue weighted by molar-refractivity contribution is -0.123. The summed E-state index contributed by atoms with van der Waals surface area (Å²) in [6.07, 6.45) is 0.0914. The summed E-state index contributed by atoms with van der Waals surface area (Å²) in [6, 6.07) is 8.37. The van der Waals surface area contributed by atoms with Crippen molar-refractivity contribution in [3.63, 3.8) is 0 Å². The number of aryl methyl sites for hydroxylation is 1. The molecule has 1 aromatic rings. The molecule has 0 spiro atoms. The SMILES string of the molecule is COC(CN)CC(=O)NCC(C)(C)c1cccc(C)c1. The molecule has 0 fully saturated rings. The van der Waals surface area contributed by atoms with Crippen molar-refractivity contribution in [3.05, 3.63) is 35.4 Å². The van der Waals surface area contributed by atoms with E-state index in [1.54, 1.807) is 7.11 Å². The van der Waals surface area contributed by atoms with Crippen LogP contribution in [0.2, 0.25) is 0 Å². The van der Waals surface area contributed by atoms with E-state index in [1.807, 2.05) is 6.07 Å². The lowest BCUT2D eigenvalue weighted by Crippen LogP contribution is -2.39. The Bertz CT molecular complexity index is 440. The molecule has 4 heteroatoms. The van der Waals surface area contributed by atoms with Crippen molar-refractivity contribution in [2.75, 3.05) is 20.2 Å². The molecule has 1 rings (SSSR count). The van der Waals surface area contributed by atoms with Crippen LogP contribution < -0.4 is 11.1 Å². The summed E-state index contributed by atoms with van der Waals surface area (Å²) in [4.78, 5) is 11.9. The lowest BCUT2D eigenvalue weighted by atomic mass is 9.84. The fourth-order valence-corrected chi connectivity index (χ4v) is 2.03. The van der Waals surface area contributed by atoms with Crippen LogP contribution in [0.1, 0.15) is 31.4 Å². The van der Waals surface area contributed by atoms with Gasteiger partial charge in [0.05, 0.1) is 12.5 Å². The van der Waals surface area contributed by atoms with Crippen molar-refractivity contribution in [2.45, 2.75) is 38.7 Å². The van der Waals surface area contributed by atoms with Gasteiger partial charge in [-0.25, -0.2) is 0 Å². The zero-order valence-corrected chi connectivity index (χ0v) is 12.9. The van der Waals surface area contributed by atoms with E-state index in [0.717, 1.165) is 0 Å². The molecule has 112 valence electrons. The number of benzene rings is 1. The zero-order valence-electron chi connectivity index (χ0n) is 12.9. The molecule has 0 saturated heterocycles. The molecule has 0 aromatic heterocycles. The van der Waals surface area contributed by atoms with Crippen LogP contribution in [-0.2, 0) is 14.9 Å². The van der Waals surface area contributed by atoms with Gasteiger partial charge in [0, 0.05) is 25.6 Å². The maximum Gasteiger partial charge on any atom is 0.222 e. The minimum Gasteiger partial charge on any atom is -0.380 e. The third kappa shape index (κ3) is 4.94. The Labute approximate surface area is 121 Å². The second-order valence-electron chi connectivity index (χ2n) is 5.83. The minimum atomic E-state index is -0.211. The quantitative estimate of drug-likeness (QED) is 0.798. The molecule has 0 bridgehead atoms. The molecule has 1 atom stereocenters. The van der Waals surface area contributed by atoms with Gasteiger partial charge in [-0.05, 0) is 12.5 Å². The highest BCUT2D eigenvalue weighted by molar-refractivity contribution is 5.76. The number of methoxy groups -OCH3 is 1. The molecule has 20 heavy (non-hydrogen) atoms. The Hall–Kier alpha value is -1.39. The highest BCUT2D eigenvalue weighted by Gasteiger charge is 2.22. The van der Waals surface area contributed by atoms with Gasteiger partial charge < -0.3 is 15.8 Å². The van der Waals surface area contributed by atoms with Gasteiger partial charge in [0.15, 0.2) is 0 Å². The molecule has 1 amide bonds. The molecule has 0 aliphatic heterocycles. The van der Waals surface area contributed by atoms with Crippen molar-refractivity contribution in [2.24, 2.45) is 5.73 Å². The first kappa shape index (κ1) is 16.7. The number of hydrogen-bond donors (Lipinski definition) is 2. The van der Waals surface area contributed by atoms with Crippen LogP contribution in [0.15, 0.2) is 24.3 Å². The van der Waals surface area contributed by atoms with Gasteiger partial charge in [0.2, 0.25) is 5.91 Å². The summed E-state index contributed by atoms with van der Waals surface area (Å²) < 4.78 is 5.12. The van der Waals surface area contributed by atoms with Gasteiger partial charge in [0.1, 0.15) is 0 Å². The predicted molar refractivity (Wildman–Crippen MR) is 81.7 cm³/mol. The Morgan fingerprint density at radius 3 is 2.70 bits per heavy atom. The van der Waals surface area contributed by atoms with Gasteiger partial charge in [0.25, 0.3) is 0 Å². The van der Waals surface area contributed by atoms with E-state index < -0.39 is 0 Å². The van der Waals surface area contributed by atoms with Crippen molar-refractivity contribution < 1.29 is 9.53 Å². The van der Waals surface area contributed by atoms with Crippen LogP contribution in [-0.4, -0.2) is 32.2 Å². The number of hydrogen-bond acceptors (Lipinski definition) is 3. The van der Waals surface area contributed by atoms with Crippen molar-refractivity contribution >= 4 is 5.91 Å². The monoisotopic (exact) mass is 278 g/mol. The van der Waals surface area contributed by atoms with E-state index in [-0.39, 0.29) is 17.4 Å². The summed E-state index contributed by atoms with van der Waals surface area (Å²) in [6.45, 7) is 7.27. The third-order valence-corrected chi connectivity index (χ3v) is 3.54. The number of nitrogens with one attached hydrogen (secondary N) is 1. The van der Waals surface area contributed by atoms with Crippen LogP contribution in [0, 0.1) is 6.92 Å². The van der Waals surface area contributed by atoms with E-state index in [1.165, 1.54) is 11.1 Å². The van der Waals surface area contributed by atoms with Gasteiger partial charge in [-0.3, -0.25) is 4.79 Å². The first-order valence-electron chi connectivity index (χ1n) is 6.95. The fourth-order valence-electron chi connectivity index (χ4n) is 2.03. The van der Waals surface area contributed by atoms with Crippen LogP contribution in [0.4, 0.5) is 0 Å². The van der Waals surface area contributed by atoms with Crippen molar-refractivity contribution in [3.8, 4) is 0 Å². The number of carbonyl (C=O) groups excluding carboxylic acids is 1. The van der Waals surface area contributed by atoms with Crippen molar-refractivity contribution in [1.82, 2.24) is 5.32 Å². The lowest BCUT2D eigenvalue weighted by Gasteiger charge is -2.26. The Morgan fingerprint density at radius 2 is 2.15 bits per heavy atom. The molecular formula is C16H26N2O2. The van der Waals surface area contributed by atoms with Gasteiger partial charge >= 0.3 is 0 Å². The van der Waals surface area contributed by atoms with E-state index in [9.17, 15) is 4.79 Å². The second-order valence-corrected chi connectivity index (χ2v) is 5.83. The summed E-state index contributed by atoms with van der Waals surface area (Å²) in [5.41, 5.74) is 7.86. The second kappa shape index (κ2) is 7.41. The topological polar surface area (TPSA) is 64.3 Å². The largest absolute Gasteiger partial charge is 0.380 e. The third-order valence-electron chi connectivity index (χ3n) is 3.54. The number of rotatable bonds is 7. The maximum absolute atomic E-state index is 11.9. The summed E-state index contributed by atoms with van der Waals surface area (Å²) in [5, 5.41) is 2.97. The molecule has 0 saturated carbocycles. The molecule has 1 aromatic carbocycles. The minimum absolute atomic E-state index is 0.0250. The summed E-state index contributed by atoms with van der Waals surface area (Å²) in [5.74, 6) is -0.0250. The number of ether oxygens (including phenoxy) is 1. The van der Waals surface area contributed by atoms with Crippen LogP contribution in [0.25, 0.3) is 0 Å². The van der Waals surface area contributed by atoms with Gasteiger partial charge in [-0.2, -0.15) is 0 Å². The summed E-state index contributed by atoms with van der Waals surface area (Å²) >= 11 is 0.